The summed E-state index contributed by atoms with van der Waals surface area (Å²) >= 11 is 5.97. The predicted molar refractivity (Wildman–Crippen MR) is 119 cm³/mol. The predicted octanol–water partition coefficient (Wildman–Crippen LogP) is 3.96. The Balaban J connectivity index is 1.87. The maximum absolute atomic E-state index is 13.1. The van der Waals surface area contributed by atoms with Gasteiger partial charge in [0, 0.05) is 35.4 Å². The molecule has 4 rings (SSSR count). The number of ether oxygens (including phenoxy) is 3. The van der Waals surface area contributed by atoms with Crippen molar-refractivity contribution in [3.8, 4) is 11.5 Å². The minimum atomic E-state index is -0.837. The van der Waals surface area contributed by atoms with Crippen molar-refractivity contribution < 1.29 is 28.9 Å². The number of methoxy groups -OCH3 is 2. The fraction of sp³-hybridized carbons (Fsp3) is 0.333. The highest BCUT2D eigenvalue weighted by Gasteiger charge is 2.48. The standard InChI is InChI=1S/C24H24ClNO6/c1-30-16-9-10-18(19(12-16)31-2)21-20(22(27)14-5-7-15(25)8-6-14)23(28)24(29)26(21)13-17-4-3-11-32-17/h5-10,12,17,21,27H,3-4,11,13H2,1-2H3/t17-,21+/m0/s1. The number of ketones is 1. The van der Waals surface area contributed by atoms with Crippen molar-refractivity contribution in [3.63, 3.8) is 0 Å². The summed E-state index contributed by atoms with van der Waals surface area (Å²) in [5.41, 5.74) is 0.960. The molecule has 2 fully saturated rings. The van der Waals surface area contributed by atoms with Crippen LogP contribution in [0.25, 0.3) is 5.76 Å². The lowest BCUT2D eigenvalue weighted by atomic mass is 9.94. The van der Waals surface area contributed by atoms with E-state index in [2.05, 4.69) is 0 Å². The number of carbonyl (C=O) groups is 2. The van der Waals surface area contributed by atoms with Gasteiger partial charge in [0.15, 0.2) is 0 Å². The summed E-state index contributed by atoms with van der Waals surface area (Å²) in [5, 5.41) is 11.6. The second kappa shape index (κ2) is 9.22. The molecule has 0 unspecified atom stereocenters. The van der Waals surface area contributed by atoms with Gasteiger partial charge in [-0.3, -0.25) is 9.59 Å². The van der Waals surface area contributed by atoms with Crippen LogP contribution in [-0.2, 0) is 14.3 Å². The number of halogens is 1. The summed E-state index contributed by atoms with van der Waals surface area (Å²) < 4.78 is 16.6. The molecule has 2 aliphatic rings. The molecule has 2 aromatic rings. The Morgan fingerprint density at radius 1 is 1.16 bits per heavy atom. The summed E-state index contributed by atoms with van der Waals surface area (Å²) in [6, 6.07) is 10.8. The first kappa shape index (κ1) is 22.2. The summed E-state index contributed by atoms with van der Waals surface area (Å²) in [7, 11) is 3.04. The molecule has 0 saturated carbocycles. The molecule has 32 heavy (non-hydrogen) atoms. The Kier molecular flexibility index (Phi) is 6.39. The number of aliphatic hydroxyl groups is 1. The van der Waals surface area contributed by atoms with Crippen molar-refractivity contribution in [3.05, 3.63) is 64.2 Å². The van der Waals surface area contributed by atoms with Gasteiger partial charge < -0.3 is 24.2 Å². The van der Waals surface area contributed by atoms with Crippen molar-refractivity contribution in [2.75, 3.05) is 27.4 Å². The molecule has 7 nitrogen and oxygen atoms in total. The number of carbonyl (C=O) groups excluding carboxylic acids is 2. The van der Waals surface area contributed by atoms with Gasteiger partial charge in [0.1, 0.15) is 17.3 Å². The van der Waals surface area contributed by atoms with Crippen LogP contribution < -0.4 is 9.47 Å². The average molecular weight is 458 g/mol. The minimum absolute atomic E-state index is 0.00112. The van der Waals surface area contributed by atoms with E-state index in [1.54, 1.807) is 49.6 Å². The highest BCUT2D eigenvalue weighted by molar-refractivity contribution is 6.46. The zero-order valence-electron chi connectivity index (χ0n) is 17.8. The molecule has 168 valence electrons. The molecule has 0 aromatic heterocycles. The topological polar surface area (TPSA) is 85.3 Å². The van der Waals surface area contributed by atoms with Gasteiger partial charge in [-0.25, -0.2) is 0 Å². The second-order valence-corrected chi connectivity index (χ2v) is 8.14. The van der Waals surface area contributed by atoms with Crippen LogP contribution in [0.1, 0.15) is 30.0 Å². The molecule has 2 saturated heterocycles. The van der Waals surface area contributed by atoms with Crippen LogP contribution in [0, 0.1) is 0 Å². The lowest BCUT2D eigenvalue weighted by Gasteiger charge is -2.28. The number of benzene rings is 2. The van der Waals surface area contributed by atoms with Crippen LogP contribution in [0.2, 0.25) is 5.02 Å². The molecule has 2 aliphatic heterocycles. The molecular weight excluding hydrogens is 434 g/mol. The van der Waals surface area contributed by atoms with Gasteiger partial charge in [0.25, 0.3) is 11.7 Å². The Morgan fingerprint density at radius 2 is 1.91 bits per heavy atom. The third-order valence-corrected chi connectivity index (χ3v) is 6.07. The average Bonchev–Trinajstić information content (AvgIpc) is 3.41. The molecule has 1 amide bonds. The maximum Gasteiger partial charge on any atom is 0.295 e. The van der Waals surface area contributed by atoms with Gasteiger partial charge >= 0.3 is 0 Å². The molecule has 2 heterocycles. The highest BCUT2D eigenvalue weighted by Crippen LogP contribution is 2.44. The van der Waals surface area contributed by atoms with E-state index >= 15 is 0 Å². The lowest BCUT2D eigenvalue weighted by molar-refractivity contribution is -0.140. The van der Waals surface area contributed by atoms with Crippen molar-refractivity contribution in [2.24, 2.45) is 0 Å². The van der Waals surface area contributed by atoms with E-state index in [1.807, 2.05) is 0 Å². The number of hydrogen-bond donors (Lipinski definition) is 1. The number of rotatable bonds is 6. The smallest absolute Gasteiger partial charge is 0.295 e. The molecule has 0 aliphatic carbocycles. The SMILES string of the molecule is COc1ccc([C@@H]2C(=C(O)c3ccc(Cl)cc3)C(=O)C(=O)N2C[C@@H]2CCCO2)c(OC)c1. The van der Waals surface area contributed by atoms with Crippen molar-refractivity contribution >= 4 is 29.1 Å². The zero-order chi connectivity index (χ0) is 22.8. The van der Waals surface area contributed by atoms with E-state index in [0.29, 0.717) is 34.3 Å². The third kappa shape index (κ3) is 4.06. The summed E-state index contributed by atoms with van der Waals surface area (Å²) in [6.07, 6.45) is 1.53. The number of nitrogens with zero attached hydrogens (tertiary/aromatic N) is 1. The van der Waals surface area contributed by atoms with Gasteiger partial charge in [0.05, 0.1) is 31.9 Å². The second-order valence-electron chi connectivity index (χ2n) is 7.70. The molecule has 8 heteroatoms. The molecule has 0 bridgehead atoms. The quantitative estimate of drug-likeness (QED) is 0.401. The van der Waals surface area contributed by atoms with Crippen molar-refractivity contribution in [1.29, 1.82) is 0 Å². The summed E-state index contributed by atoms with van der Waals surface area (Å²) in [4.78, 5) is 27.7. The summed E-state index contributed by atoms with van der Waals surface area (Å²) in [5.74, 6) is -0.690. The molecular formula is C24H24ClNO6. The first-order chi connectivity index (χ1) is 15.4. The van der Waals surface area contributed by atoms with Gasteiger partial charge in [-0.15, -0.1) is 0 Å². The monoisotopic (exact) mass is 457 g/mol. The number of amides is 1. The largest absolute Gasteiger partial charge is 0.507 e. The molecule has 2 aromatic carbocycles. The van der Waals surface area contributed by atoms with Crippen molar-refractivity contribution in [1.82, 2.24) is 4.90 Å². The van der Waals surface area contributed by atoms with Crippen LogP contribution in [-0.4, -0.2) is 55.2 Å². The van der Waals surface area contributed by atoms with E-state index in [9.17, 15) is 14.7 Å². The van der Waals surface area contributed by atoms with Crippen LogP contribution >= 0.6 is 11.6 Å². The number of Topliss-reactive ketones (excluding diaryl/α,β-unsaturated/α-hetero) is 1. The Bertz CT molecular complexity index is 1060. The van der Waals surface area contributed by atoms with Crippen molar-refractivity contribution in [2.45, 2.75) is 25.0 Å². The van der Waals surface area contributed by atoms with Crippen LogP contribution in [0.3, 0.4) is 0 Å². The molecule has 0 radical (unpaired) electrons. The van der Waals surface area contributed by atoms with Crippen LogP contribution in [0.4, 0.5) is 0 Å². The van der Waals surface area contributed by atoms with E-state index in [-0.39, 0.29) is 24.0 Å². The third-order valence-electron chi connectivity index (χ3n) is 5.82. The van der Waals surface area contributed by atoms with Gasteiger partial charge in [0.2, 0.25) is 0 Å². The van der Waals surface area contributed by atoms with Gasteiger partial charge in [-0.2, -0.15) is 0 Å². The number of hydrogen-bond acceptors (Lipinski definition) is 6. The van der Waals surface area contributed by atoms with E-state index in [1.165, 1.54) is 12.0 Å². The normalized spacial score (nSPS) is 22.4. The highest BCUT2D eigenvalue weighted by atomic mass is 35.5. The Morgan fingerprint density at radius 3 is 2.53 bits per heavy atom. The zero-order valence-corrected chi connectivity index (χ0v) is 18.6. The van der Waals surface area contributed by atoms with Gasteiger partial charge in [-0.05, 0) is 49.2 Å². The number of aliphatic hydroxyl groups excluding tert-OH is 1. The molecule has 2 atom stereocenters. The molecule has 1 N–H and O–H groups in total. The fourth-order valence-electron chi connectivity index (χ4n) is 4.21. The van der Waals surface area contributed by atoms with Gasteiger partial charge in [-0.1, -0.05) is 11.6 Å². The van der Waals surface area contributed by atoms with E-state index in [0.717, 1.165) is 12.8 Å². The van der Waals surface area contributed by atoms with E-state index in [4.69, 9.17) is 25.8 Å². The van der Waals surface area contributed by atoms with Crippen LogP contribution in [0.5, 0.6) is 11.5 Å². The van der Waals surface area contributed by atoms with E-state index < -0.39 is 17.7 Å². The Labute approximate surface area is 191 Å². The first-order valence-corrected chi connectivity index (χ1v) is 10.7. The molecule has 0 spiro atoms. The first-order valence-electron chi connectivity index (χ1n) is 10.3. The maximum atomic E-state index is 13.1. The summed E-state index contributed by atoms with van der Waals surface area (Å²) in [6.45, 7) is 0.859. The minimum Gasteiger partial charge on any atom is -0.507 e. The Hall–Kier alpha value is -3.03. The van der Waals surface area contributed by atoms with Crippen LogP contribution in [0.15, 0.2) is 48.0 Å². The lowest BCUT2D eigenvalue weighted by Crippen LogP contribution is -2.36. The fourth-order valence-corrected chi connectivity index (χ4v) is 4.33. The number of likely N-dealkylation sites (tertiary alicyclic amines) is 1.